The van der Waals surface area contributed by atoms with Gasteiger partial charge in [0.25, 0.3) is 0 Å². The highest BCUT2D eigenvalue weighted by Gasteiger charge is 2.27. The molecule has 0 N–H and O–H groups in total. The van der Waals surface area contributed by atoms with Gasteiger partial charge in [0.1, 0.15) is 0 Å². The molecule has 4 aromatic rings. The number of rotatable bonds is 9. The zero-order valence-corrected chi connectivity index (χ0v) is 29.8. The number of nitrogens with zero attached hydrogens (tertiary/aromatic N) is 6. The summed E-state index contributed by atoms with van der Waals surface area (Å²) >= 11 is 0. The fraction of sp³-hybridized carbons (Fsp3) is 0.512. The van der Waals surface area contributed by atoms with Gasteiger partial charge in [-0.05, 0) is 118 Å². The molecule has 2 aromatic heterocycles. The van der Waals surface area contributed by atoms with Crippen LogP contribution in [0.15, 0.2) is 51.8 Å². The number of aryl methyl sites for hydroxylation is 1. The molecule has 4 aliphatic rings. The van der Waals surface area contributed by atoms with E-state index in [2.05, 4.69) is 69.7 Å². The highest BCUT2D eigenvalue weighted by atomic mass is 16.5. The molecule has 0 spiro atoms. The first-order valence-electron chi connectivity index (χ1n) is 18.8. The van der Waals surface area contributed by atoms with E-state index in [0.717, 1.165) is 98.3 Å². The van der Waals surface area contributed by atoms with E-state index in [9.17, 15) is 4.79 Å². The number of hydrogen-bond acceptors (Lipinski definition) is 7. The van der Waals surface area contributed by atoms with Gasteiger partial charge in [0.2, 0.25) is 11.6 Å². The van der Waals surface area contributed by atoms with Crippen LogP contribution in [-0.4, -0.2) is 52.1 Å². The molecule has 2 saturated carbocycles. The predicted molar refractivity (Wildman–Crippen MR) is 193 cm³/mol. The number of hydrogen-bond donors (Lipinski definition) is 0. The van der Waals surface area contributed by atoms with Crippen molar-refractivity contribution < 1.29 is 18.6 Å². The zero-order chi connectivity index (χ0) is 34.7. The lowest BCUT2D eigenvalue weighted by atomic mass is 10.1. The molecule has 2 aliphatic carbocycles. The van der Waals surface area contributed by atoms with Gasteiger partial charge in [0.15, 0.2) is 18.6 Å². The maximum atomic E-state index is 13.4. The van der Waals surface area contributed by atoms with Crippen molar-refractivity contribution in [2.24, 2.45) is 11.8 Å². The van der Waals surface area contributed by atoms with Crippen LogP contribution in [0.3, 0.4) is 0 Å². The summed E-state index contributed by atoms with van der Waals surface area (Å²) in [4.78, 5) is 17.5. The SMILES string of the molecule is Cc1cc(C#CC2CC2)ccc1-[n+]1cc(CC2CCCCO2)nn1CN(C)c1ccc(C#CC2CC2)cc1-n1nc(CC2CCCCO2)oc1=O. The van der Waals surface area contributed by atoms with Crippen LogP contribution in [0.5, 0.6) is 0 Å². The normalized spacial score (nSPS) is 20.3. The molecule has 10 heteroatoms. The molecular weight excluding hydrogens is 640 g/mol. The van der Waals surface area contributed by atoms with Crippen molar-refractivity contribution >= 4 is 5.69 Å². The average Bonchev–Trinajstić information content (AvgIpc) is 4.08. The topological polar surface area (TPSA) is 91.4 Å². The molecule has 0 radical (unpaired) electrons. The third-order valence-corrected chi connectivity index (χ3v) is 10.1. The van der Waals surface area contributed by atoms with Gasteiger partial charge in [-0.1, -0.05) is 23.7 Å². The van der Waals surface area contributed by atoms with Crippen LogP contribution in [-0.2, 0) is 29.0 Å². The van der Waals surface area contributed by atoms with Crippen LogP contribution in [0.4, 0.5) is 5.69 Å². The monoisotopic (exact) mass is 687 g/mol. The number of anilines is 1. The van der Waals surface area contributed by atoms with E-state index in [0.29, 0.717) is 36.5 Å². The van der Waals surface area contributed by atoms with Gasteiger partial charge in [0, 0.05) is 54.7 Å². The minimum absolute atomic E-state index is 0.00867. The van der Waals surface area contributed by atoms with Crippen molar-refractivity contribution in [2.75, 3.05) is 25.2 Å². The Hall–Kier alpha value is -4.64. The molecule has 10 nitrogen and oxygen atoms in total. The summed E-state index contributed by atoms with van der Waals surface area (Å²) in [5.74, 6) is 14.3. The quantitative estimate of drug-likeness (QED) is 0.171. The summed E-state index contributed by atoms with van der Waals surface area (Å²) in [6, 6.07) is 12.4. The van der Waals surface area contributed by atoms with Crippen LogP contribution in [0, 0.1) is 42.4 Å². The fourth-order valence-corrected chi connectivity index (χ4v) is 6.91. The van der Waals surface area contributed by atoms with Gasteiger partial charge in [0.05, 0.1) is 30.0 Å². The summed E-state index contributed by atoms with van der Waals surface area (Å²) in [5.41, 5.74) is 6.43. The molecule has 8 rings (SSSR count). The maximum absolute atomic E-state index is 13.4. The molecular formula is C41H47N6O4+. The Labute approximate surface area is 299 Å². The van der Waals surface area contributed by atoms with Gasteiger partial charge in [-0.3, -0.25) is 0 Å². The first-order chi connectivity index (χ1) is 24.9. The van der Waals surface area contributed by atoms with Gasteiger partial charge < -0.3 is 18.8 Å². The van der Waals surface area contributed by atoms with Crippen LogP contribution >= 0.6 is 0 Å². The van der Waals surface area contributed by atoms with Gasteiger partial charge >= 0.3 is 5.76 Å². The van der Waals surface area contributed by atoms with Crippen molar-refractivity contribution in [3.63, 3.8) is 0 Å². The third-order valence-electron chi connectivity index (χ3n) is 10.1. The molecule has 0 amide bonds. The standard InChI is InChI=1S/C41H47N6O4/c1-29-23-32(15-13-30-9-10-30)17-19-37(29)45-27-34(25-35-7-3-5-21-49-35)42-46(45)28-44(2)38-20-18-33(16-14-31-11-12-31)24-39(38)47-41(48)51-40(43-47)26-36-8-4-6-22-50-36/h17-20,23-24,27,30-31,35-36H,3-12,21-22,25-26,28H2,1-2H3/q+1. The number of ether oxygens (including phenoxy) is 2. The second-order valence-electron chi connectivity index (χ2n) is 14.6. The molecule has 4 fully saturated rings. The molecule has 2 aliphatic heterocycles. The molecule has 2 atom stereocenters. The van der Waals surface area contributed by atoms with Gasteiger partial charge in [-0.15, -0.1) is 9.78 Å². The summed E-state index contributed by atoms with van der Waals surface area (Å²) in [6.07, 6.45) is 14.7. The fourth-order valence-electron chi connectivity index (χ4n) is 6.91. The van der Waals surface area contributed by atoms with E-state index >= 15 is 0 Å². The Bertz CT molecular complexity index is 2050. The predicted octanol–water partition coefficient (Wildman–Crippen LogP) is 5.45. The van der Waals surface area contributed by atoms with Crippen LogP contribution in [0.25, 0.3) is 11.4 Å². The Balaban J connectivity index is 1.12. The summed E-state index contributed by atoms with van der Waals surface area (Å²) in [5, 5.41) is 9.82. The summed E-state index contributed by atoms with van der Waals surface area (Å²) in [6.45, 7) is 4.07. The first-order valence-corrected chi connectivity index (χ1v) is 18.8. The molecule has 2 saturated heterocycles. The molecule has 264 valence electrons. The Morgan fingerprint density at radius 1 is 0.843 bits per heavy atom. The van der Waals surface area contributed by atoms with Crippen LogP contribution in [0.2, 0.25) is 0 Å². The lowest BCUT2D eigenvalue weighted by Gasteiger charge is -2.21. The smallest absolute Gasteiger partial charge is 0.392 e. The van der Waals surface area contributed by atoms with E-state index in [1.54, 1.807) is 0 Å². The van der Waals surface area contributed by atoms with Crippen molar-refractivity contribution in [2.45, 2.75) is 103 Å². The molecule has 0 bridgehead atoms. The highest BCUT2D eigenvalue weighted by molar-refractivity contribution is 5.64. The largest absolute Gasteiger partial charge is 0.442 e. The van der Waals surface area contributed by atoms with E-state index in [1.807, 2.05) is 30.0 Å². The first kappa shape index (κ1) is 33.5. The van der Waals surface area contributed by atoms with E-state index in [1.165, 1.54) is 23.9 Å². The second kappa shape index (κ2) is 14.9. The Morgan fingerprint density at radius 3 is 2.16 bits per heavy atom. The zero-order valence-electron chi connectivity index (χ0n) is 29.8. The molecule has 51 heavy (non-hydrogen) atoms. The molecule has 4 heterocycles. The van der Waals surface area contributed by atoms with Crippen LogP contribution in [0.1, 0.15) is 92.5 Å². The molecule has 2 unspecified atom stereocenters. The highest BCUT2D eigenvalue weighted by Crippen LogP contribution is 2.29. The Morgan fingerprint density at radius 2 is 1.51 bits per heavy atom. The van der Waals surface area contributed by atoms with Crippen molar-refractivity contribution in [3.8, 4) is 35.1 Å². The van der Waals surface area contributed by atoms with Crippen LogP contribution < -0.4 is 15.3 Å². The van der Waals surface area contributed by atoms with Gasteiger partial charge in [-0.2, -0.15) is 4.68 Å². The average molecular weight is 688 g/mol. The van der Waals surface area contributed by atoms with Crippen molar-refractivity contribution in [1.29, 1.82) is 0 Å². The summed E-state index contributed by atoms with van der Waals surface area (Å²) in [7, 11) is 2.01. The van der Waals surface area contributed by atoms with Gasteiger partial charge in [-0.25, -0.2) is 4.79 Å². The second-order valence-corrected chi connectivity index (χ2v) is 14.6. The van der Waals surface area contributed by atoms with E-state index < -0.39 is 5.76 Å². The van der Waals surface area contributed by atoms with E-state index in [-0.39, 0.29) is 12.2 Å². The Kier molecular flexibility index (Phi) is 9.80. The third kappa shape index (κ3) is 8.30. The molecule has 2 aromatic carbocycles. The summed E-state index contributed by atoms with van der Waals surface area (Å²) < 4.78 is 21.2. The number of aromatic nitrogens is 5. The minimum atomic E-state index is -0.521. The lowest BCUT2D eigenvalue weighted by Crippen LogP contribution is -2.45. The van der Waals surface area contributed by atoms with E-state index in [4.69, 9.17) is 19.0 Å². The minimum Gasteiger partial charge on any atom is -0.392 e. The maximum Gasteiger partial charge on any atom is 0.442 e. The lowest BCUT2D eigenvalue weighted by molar-refractivity contribution is -0.691. The van der Waals surface area contributed by atoms with Crippen molar-refractivity contribution in [3.05, 3.63) is 81.4 Å². The van der Waals surface area contributed by atoms with Crippen molar-refractivity contribution in [1.82, 2.24) is 19.7 Å². The number of benzene rings is 2.